The Morgan fingerprint density at radius 3 is 2.39 bits per heavy atom. The third-order valence-corrected chi connectivity index (χ3v) is 6.07. The number of hydrogen-bond acceptors (Lipinski definition) is 4. The number of methoxy groups -OCH3 is 1. The van der Waals surface area contributed by atoms with E-state index in [1.807, 2.05) is 11.0 Å². The molecule has 31 heavy (non-hydrogen) atoms. The van der Waals surface area contributed by atoms with Gasteiger partial charge in [-0.15, -0.1) is 0 Å². The molecule has 160 valence electrons. The second-order valence-electron chi connectivity index (χ2n) is 8.08. The number of aromatic nitrogens is 1. The van der Waals surface area contributed by atoms with Gasteiger partial charge in [-0.25, -0.2) is 0 Å². The van der Waals surface area contributed by atoms with E-state index in [4.69, 9.17) is 4.74 Å². The summed E-state index contributed by atoms with van der Waals surface area (Å²) < 4.78 is 5.57. The number of nitrogens with one attached hydrogen (secondary N) is 1. The molecule has 1 amide bonds. The molecule has 1 aliphatic rings. The zero-order valence-corrected chi connectivity index (χ0v) is 17.8. The average molecular weight is 418 g/mol. The van der Waals surface area contributed by atoms with Crippen LogP contribution in [-0.2, 0) is 11.2 Å². The fraction of sp³-hybridized carbons (Fsp3) is 0.320. The van der Waals surface area contributed by atoms with E-state index in [2.05, 4.69) is 29.2 Å². The molecule has 2 aromatic carbocycles. The van der Waals surface area contributed by atoms with Crippen molar-refractivity contribution in [3.05, 3.63) is 65.4 Å². The van der Waals surface area contributed by atoms with Gasteiger partial charge in [0.1, 0.15) is 5.75 Å². The van der Waals surface area contributed by atoms with E-state index in [9.17, 15) is 14.4 Å². The Labute approximate surface area is 181 Å². The molecule has 0 bridgehead atoms. The molecule has 0 saturated carbocycles. The number of piperidine rings is 1. The molecular formula is C25H26N2O4. The Morgan fingerprint density at radius 2 is 1.74 bits per heavy atom. The first-order valence-corrected chi connectivity index (χ1v) is 10.6. The monoisotopic (exact) mass is 418 g/mol. The number of rotatable bonds is 6. The van der Waals surface area contributed by atoms with Gasteiger partial charge in [-0.05, 0) is 42.9 Å². The van der Waals surface area contributed by atoms with Gasteiger partial charge < -0.3 is 14.6 Å². The van der Waals surface area contributed by atoms with Crippen LogP contribution in [0.15, 0.2) is 48.7 Å². The Morgan fingerprint density at radius 1 is 1.03 bits per heavy atom. The van der Waals surface area contributed by atoms with Crippen molar-refractivity contribution < 1.29 is 19.1 Å². The predicted molar refractivity (Wildman–Crippen MR) is 119 cm³/mol. The summed E-state index contributed by atoms with van der Waals surface area (Å²) in [6, 6.07) is 13.9. The van der Waals surface area contributed by atoms with Crippen LogP contribution in [0.25, 0.3) is 10.9 Å². The van der Waals surface area contributed by atoms with Gasteiger partial charge >= 0.3 is 0 Å². The van der Waals surface area contributed by atoms with Crippen molar-refractivity contribution in [3.63, 3.8) is 0 Å². The summed E-state index contributed by atoms with van der Waals surface area (Å²) in [4.78, 5) is 42.1. The Hall–Kier alpha value is -3.41. The molecule has 0 atom stereocenters. The number of amides is 1. The number of Topliss-reactive ketones (excluding diaryl/α,β-unsaturated/α-hetero) is 2. The molecule has 1 fully saturated rings. The van der Waals surface area contributed by atoms with Gasteiger partial charge in [0, 0.05) is 31.7 Å². The van der Waals surface area contributed by atoms with Crippen molar-refractivity contribution in [2.75, 3.05) is 20.2 Å². The number of ether oxygens (including phenoxy) is 1. The van der Waals surface area contributed by atoms with Gasteiger partial charge in [-0.3, -0.25) is 14.4 Å². The van der Waals surface area contributed by atoms with Crippen LogP contribution >= 0.6 is 0 Å². The number of H-pyrrole nitrogens is 1. The molecule has 6 heteroatoms. The third-order valence-electron chi connectivity index (χ3n) is 6.07. The summed E-state index contributed by atoms with van der Waals surface area (Å²) in [5.41, 5.74) is 2.62. The zero-order chi connectivity index (χ0) is 22.0. The highest BCUT2D eigenvalue weighted by atomic mass is 16.5. The number of ketones is 2. The highest BCUT2D eigenvalue weighted by Gasteiger charge is 2.28. The first kappa shape index (κ1) is 20.8. The molecule has 0 radical (unpaired) electrons. The Balaban J connectivity index is 1.55. The van der Waals surface area contributed by atoms with E-state index in [0.717, 1.165) is 19.3 Å². The highest BCUT2D eigenvalue weighted by molar-refractivity contribution is 6.45. The summed E-state index contributed by atoms with van der Waals surface area (Å²) in [5.74, 6) is -0.379. The molecule has 1 aromatic heterocycles. The van der Waals surface area contributed by atoms with Gasteiger partial charge in [0.25, 0.3) is 5.91 Å². The minimum absolute atomic E-state index is 0.112. The molecular weight excluding hydrogens is 392 g/mol. The van der Waals surface area contributed by atoms with Crippen molar-refractivity contribution in [2.24, 2.45) is 5.92 Å². The fourth-order valence-corrected chi connectivity index (χ4v) is 4.40. The summed E-state index contributed by atoms with van der Waals surface area (Å²) in [5, 5.41) is 0.479. The van der Waals surface area contributed by atoms with Gasteiger partial charge in [-0.1, -0.05) is 30.3 Å². The lowest BCUT2D eigenvalue weighted by Gasteiger charge is -2.32. The van der Waals surface area contributed by atoms with Crippen molar-refractivity contribution in [3.8, 4) is 5.75 Å². The van der Waals surface area contributed by atoms with E-state index in [1.54, 1.807) is 12.1 Å². The topological polar surface area (TPSA) is 79.5 Å². The second kappa shape index (κ2) is 8.76. The van der Waals surface area contributed by atoms with Crippen LogP contribution in [0.3, 0.4) is 0 Å². The first-order chi connectivity index (χ1) is 15.0. The summed E-state index contributed by atoms with van der Waals surface area (Å²) in [7, 11) is 1.48. The lowest BCUT2D eigenvalue weighted by atomic mass is 9.90. The molecule has 0 aliphatic carbocycles. The molecule has 0 unspecified atom stereocenters. The number of hydrogen-bond donors (Lipinski definition) is 1. The maximum absolute atomic E-state index is 13.3. The van der Waals surface area contributed by atoms with Gasteiger partial charge in [0.05, 0.1) is 23.6 Å². The van der Waals surface area contributed by atoms with Crippen molar-refractivity contribution in [1.29, 1.82) is 0 Å². The van der Waals surface area contributed by atoms with Crippen molar-refractivity contribution >= 4 is 28.4 Å². The van der Waals surface area contributed by atoms with Crippen LogP contribution in [0.5, 0.6) is 5.75 Å². The SMILES string of the molecule is COc1c(C(=O)N2CCC(Cc3ccccc3)CC2)ccc2[nH]cc(C(=O)C(C)=O)c12. The van der Waals surface area contributed by atoms with Gasteiger partial charge in [0.15, 0.2) is 5.78 Å². The van der Waals surface area contributed by atoms with E-state index < -0.39 is 11.6 Å². The van der Waals surface area contributed by atoms with E-state index in [1.165, 1.54) is 25.8 Å². The van der Waals surface area contributed by atoms with Crippen LogP contribution in [0.1, 0.15) is 46.0 Å². The van der Waals surface area contributed by atoms with Gasteiger partial charge in [0.2, 0.25) is 5.78 Å². The zero-order valence-electron chi connectivity index (χ0n) is 17.8. The lowest BCUT2D eigenvalue weighted by Crippen LogP contribution is -2.39. The van der Waals surface area contributed by atoms with Crippen LogP contribution in [-0.4, -0.2) is 47.6 Å². The molecule has 2 heterocycles. The number of nitrogens with zero attached hydrogens (tertiary/aromatic N) is 1. The third kappa shape index (κ3) is 4.10. The fourth-order valence-electron chi connectivity index (χ4n) is 4.40. The molecule has 1 aliphatic heterocycles. The molecule has 0 spiro atoms. The molecule has 6 nitrogen and oxygen atoms in total. The molecule has 3 aromatic rings. The van der Waals surface area contributed by atoms with Crippen LogP contribution in [0.4, 0.5) is 0 Å². The maximum Gasteiger partial charge on any atom is 0.257 e. The second-order valence-corrected chi connectivity index (χ2v) is 8.08. The minimum Gasteiger partial charge on any atom is -0.495 e. The quantitative estimate of drug-likeness (QED) is 0.484. The lowest BCUT2D eigenvalue weighted by molar-refractivity contribution is -0.113. The number of carbonyl (C=O) groups is 3. The first-order valence-electron chi connectivity index (χ1n) is 10.6. The number of likely N-dealkylation sites (tertiary alicyclic amines) is 1. The molecule has 4 rings (SSSR count). The van der Waals surface area contributed by atoms with E-state index in [0.29, 0.717) is 41.2 Å². The van der Waals surface area contributed by atoms with Gasteiger partial charge in [-0.2, -0.15) is 0 Å². The Bertz CT molecular complexity index is 1130. The van der Waals surface area contributed by atoms with Crippen molar-refractivity contribution in [2.45, 2.75) is 26.2 Å². The minimum atomic E-state index is -0.601. The highest BCUT2D eigenvalue weighted by Crippen LogP contribution is 2.34. The molecule has 1 N–H and O–H groups in total. The molecule has 1 saturated heterocycles. The summed E-state index contributed by atoms with van der Waals surface area (Å²) in [6.45, 7) is 2.61. The van der Waals surface area contributed by atoms with E-state index >= 15 is 0 Å². The number of carbonyl (C=O) groups excluding carboxylic acids is 3. The average Bonchev–Trinajstić information content (AvgIpc) is 3.22. The van der Waals surface area contributed by atoms with Crippen LogP contribution in [0.2, 0.25) is 0 Å². The smallest absolute Gasteiger partial charge is 0.257 e. The van der Waals surface area contributed by atoms with Crippen LogP contribution in [0, 0.1) is 5.92 Å². The summed E-state index contributed by atoms with van der Waals surface area (Å²) in [6.07, 6.45) is 4.42. The Kier molecular flexibility index (Phi) is 5.89. The van der Waals surface area contributed by atoms with E-state index in [-0.39, 0.29) is 11.5 Å². The summed E-state index contributed by atoms with van der Waals surface area (Å²) >= 11 is 0. The normalized spacial score (nSPS) is 14.6. The van der Waals surface area contributed by atoms with Crippen LogP contribution < -0.4 is 4.74 Å². The number of benzene rings is 2. The predicted octanol–water partition coefficient (Wildman–Crippen LogP) is 4.04. The number of fused-ring (bicyclic) bond motifs is 1. The largest absolute Gasteiger partial charge is 0.495 e. The maximum atomic E-state index is 13.3. The standard InChI is InChI=1S/C25H26N2O4/c1-16(28)23(29)20-15-26-21-9-8-19(24(31-2)22(20)21)25(30)27-12-10-18(11-13-27)14-17-6-4-3-5-7-17/h3-9,15,18,26H,10-14H2,1-2H3. The number of aromatic amines is 1. The van der Waals surface area contributed by atoms with Crippen molar-refractivity contribution in [1.82, 2.24) is 9.88 Å².